The zero-order chi connectivity index (χ0) is 13.3. The monoisotopic (exact) mass is 292 g/mol. The van der Waals surface area contributed by atoms with Crippen molar-refractivity contribution in [3.8, 4) is 0 Å². The molecule has 0 aliphatic rings. The average Bonchev–Trinajstić information content (AvgIpc) is 2.91. The van der Waals surface area contributed by atoms with Gasteiger partial charge in [0.1, 0.15) is 10.8 Å². The molecule has 18 heavy (non-hydrogen) atoms. The third kappa shape index (κ3) is 2.49. The standard InChI is InChI=1S/C9H7ClF2N4OS/c1-16-6(10)4(2-13-16)14-8(17)5-3-18-9(15-5)7(11)12/h2-3,7H,1H3,(H,14,17). The Hall–Kier alpha value is -1.54. The number of nitrogens with one attached hydrogen (secondary N) is 1. The molecule has 1 N–H and O–H groups in total. The van der Waals surface area contributed by atoms with Crippen LogP contribution >= 0.6 is 22.9 Å². The number of carbonyl (C=O) groups excluding carboxylic acids is 1. The topological polar surface area (TPSA) is 59.8 Å². The molecule has 0 spiro atoms. The lowest BCUT2D eigenvalue weighted by Crippen LogP contribution is -2.12. The van der Waals surface area contributed by atoms with E-state index in [-0.39, 0.29) is 10.8 Å². The maximum Gasteiger partial charge on any atom is 0.289 e. The van der Waals surface area contributed by atoms with Crippen molar-refractivity contribution < 1.29 is 13.6 Å². The van der Waals surface area contributed by atoms with E-state index in [2.05, 4.69) is 15.4 Å². The molecule has 0 unspecified atom stereocenters. The number of thiazole rings is 1. The lowest BCUT2D eigenvalue weighted by Gasteiger charge is -2.00. The van der Waals surface area contributed by atoms with E-state index in [0.29, 0.717) is 5.69 Å². The van der Waals surface area contributed by atoms with Crippen LogP contribution in [0.25, 0.3) is 0 Å². The number of hydrogen-bond acceptors (Lipinski definition) is 4. The fraction of sp³-hybridized carbons (Fsp3) is 0.222. The van der Waals surface area contributed by atoms with Gasteiger partial charge in [0.25, 0.3) is 12.3 Å². The Bertz CT molecular complexity index is 583. The van der Waals surface area contributed by atoms with E-state index in [9.17, 15) is 13.6 Å². The highest BCUT2D eigenvalue weighted by atomic mass is 35.5. The lowest BCUT2D eigenvalue weighted by molar-refractivity contribution is 0.102. The van der Waals surface area contributed by atoms with Crippen LogP contribution in [0.1, 0.15) is 21.9 Å². The second-order valence-corrected chi connectivity index (χ2v) is 4.55. The SMILES string of the molecule is Cn1ncc(NC(=O)c2csc(C(F)F)n2)c1Cl. The number of aromatic nitrogens is 3. The molecule has 96 valence electrons. The molecule has 0 bridgehead atoms. The molecular formula is C9H7ClF2N4OS. The Balaban J connectivity index is 2.14. The van der Waals surface area contributed by atoms with E-state index in [4.69, 9.17) is 11.6 Å². The highest BCUT2D eigenvalue weighted by Crippen LogP contribution is 2.24. The van der Waals surface area contributed by atoms with Crippen molar-refractivity contribution in [1.82, 2.24) is 14.8 Å². The Labute approximate surface area is 109 Å². The predicted octanol–water partition coefficient (Wildman–Crippen LogP) is 2.72. The quantitative estimate of drug-likeness (QED) is 0.946. The summed E-state index contributed by atoms with van der Waals surface area (Å²) in [5, 5.41) is 7.39. The first-order valence-electron chi connectivity index (χ1n) is 4.71. The van der Waals surface area contributed by atoms with Gasteiger partial charge >= 0.3 is 0 Å². The summed E-state index contributed by atoms with van der Waals surface area (Å²) in [6.45, 7) is 0. The van der Waals surface area contributed by atoms with Gasteiger partial charge in [-0.2, -0.15) is 5.10 Å². The van der Waals surface area contributed by atoms with Crippen molar-refractivity contribution in [3.05, 3.63) is 27.4 Å². The van der Waals surface area contributed by atoms with Gasteiger partial charge in [-0.05, 0) is 0 Å². The van der Waals surface area contributed by atoms with Gasteiger partial charge in [-0.1, -0.05) is 11.6 Å². The predicted molar refractivity (Wildman–Crippen MR) is 63.2 cm³/mol. The summed E-state index contributed by atoms with van der Waals surface area (Å²) < 4.78 is 26.0. The molecule has 2 aromatic rings. The largest absolute Gasteiger partial charge is 0.317 e. The van der Waals surface area contributed by atoms with E-state index in [1.165, 1.54) is 16.3 Å². The molecule has 0 saturated carbocycles. The summed E-state index contributed by atoms with van der Waals surface area (Å²) in [7, 11) is 1.61. The fourth-order valence-corrected chi connectivity index (χ4v) is 1.97. The minimum atomic E-state index is -2.68. The Morgan fingerprint density at radius 1 is 1.61 bits per heavy atom. The van der Waals surface area contributed by atoms with Gasteiger partial charge in [0, 0.05) is 12.4 Å². The van der Waals surface area contributed by atoms with Crippen molar-refractivity contribution in [2.45, 2.75) is 6.43 Å². The van der Waals surface area contributed by atoms with E-state index in [1.54, 1.807) is 7.05 Å². The number of rotatable bonds is 3. The molecule has 0 atom stereocenters. The first-order valence-corrected chi connectivity index (χ1v) is 5.97. The molecule has 2 heterocycles. The normalized spacial score (nSPS) is 10.9. The highest BCUT2D eigenvalue weighted by molar-refractivity contribution is 7.09. The highest BCUT2D eigenvalue weighted by Gasteiger charge is 2.18. The smallest absolute Gasteiger partial charge is 0.289 e. The van der Waals surface area contributed by atoms with Gasteiger partial charge in [-0.3, -0.25) is 9.48 Å². The van der Waals surface area contributed by atoms with E-state index < -0.39 is 17.3 Å². The Kier molecular flexibility index (Phi) is 3.58. The van der Waals surface area contributed by atoms with E-state index in [1.807, 2.05) is 0 Å². The van der Waals surface area contributed by atoms with Crippen molar-refractivity contribution >= 4 is 34.5 Å². The van der Waals surface area contributed by atoms with Crippen LogP contribution in [-0.2, 0) is 7.05 Å². The van der Waals surface area contributed by atoms with Crippen molar-refractivity contribution in [2.75, 3.05) is 5.32 Å². The van der Waals surface area contributed by atoms with Crippen LogP contribution in [0.4, 0.5) is 14.5 Å². The molecule has 0 aliphatic heterocycles. The van der Waals surface area contributed by atoms with Crippen LogP contribution in [0.15, 0.2) is 11.6 Å². The van der Waals surface area contributed by atoms with Crippen molar-refractivity contribution in [1.29, 1.82) is 0 Å². The number of halogens is 3. The number of anilines is 1. The summed E-state index contributed by atoms with van der Waals surface area (Å²) in [4.78, 5) is 15.2. The zero-order valence-electron chi connectivity index (χ0n) is 9.02. The number of nitrogens with zero attached hydrogens (tertiary/aromatic N) is 3. The number of carbonyl (C=O) groups is 1. The Morgan fingerprint density at radius 3 is 2.83 bits per heavy atom. The van der Waals surface area contributed by atoms with Gasteiger partial charge in [0.05, 0.1) is 11.9 Å². The summed E-state index contributed by atoms with van der Waals surface area (Å²) >= 11 is 6.57. The van der Waals surface area contributed by atoms with Crippen molar-refractivity contribution in [2.24, 2.45) is 7.05 Å². The molecule has 5 nitrogen and oxygen atoms in total. The second kappa shape index (κ2) is 4.99. The lowest BCUT2D eigenvalue weighted by atomic mass is 10.4. The minimum Gasteiger partial charge on any atom is -0.317 e. The van der Waals surface area contributed by atoms with Crippen LogP contribution in [0.5, 0.6) is 0 Å². The van der Waals surface area contributed by atoms with Crippen LogP contribution in [0, 0.1) is 0 Å². The summed E-state index contributed by atoms with van der Waals surface area (Å²) in [6, 6.07) is 0. The first kappa shape index (κ1) is 12.9. The third-order valence-corrected chi connectivity index (χ3v) is 3.36. The molecule has 0 saturated heterocycles. The van der Waals surface area contributed by atoms with Crippen LogP contribution in [0.2, 0.25) is 5.15 Å². The third-order valence-electron chi connectivity index (χ3n) is 2.06. The Morgan fingerprint density at radius 2 is 2.33 bits per heavy atom. The molecule has 9 heteroatoms. The van der Waals surface area contributed by atoms with Gasteiger partial charge in [0.15, 0.2) is 5.01 Å². The molecule has 0 radical (unpaired) electrons. The molecule has 0 fully saturated rings. The molecule has 1 amide bonds. The number of aryl methyl sites for hydroxylation is 1. The average molecular weight is 293 g/mol. The van der Waals surface area contributed by atoms with Gasteiger partial charge in [0.2, 0.25) is 0 Å². The van der Waals surface area contributed by atoms with Gasteiger partial charge in [-0.25, -0.2) is 13.8 Å². The maximum atomic E-state index is 12.3. The molecule has 2 aromatic heterocycles. The van der Waals surface area contributed by atoms with E-state index >= 15 is 0 Å². The summed E-state index contributed by atoms with van der Waals surface area (Å²) in [6.07, 6.45) is -1.32. The molecule has 2 rings (SSSR count). The zero-order valence-corrected chi connectivity index (χ0v) is 10.6. The van der Waals surface area contributed by atoms with Crippen molar-refractivity contribution in [3.63, 3.8) is 0 Å². The summed E-state index contributed by atoms with van der Waals surface area (Å²) in [5.41, 5.74) is 0.228. The summed E-state index contributed by atoms with van der Waals surface area (Å²) in [5.74, 6) is -0.604. The van der Waals surface area contributed by atoms with E-state index in [0.717, 1.165) is 11.3 Å². The second-order valence-electron chi connectivity index (χ2n) is 3.30. The number of alkyl halides is 2. The first-order chi connectivity index (χ1) is 8.49. The molecule has 0 aromatic carbocycles. The fourth-order valence-electron chi connectivity index (χ4n) is 1.18. The number of hydrogen-bond donors (Lipinski definition) is 1. The molecular weight excluding hydrogens is 286 g/mol. The van der Waals surface area contributed by atoms with Crippen LogP contribution in [0.3, 0.4) is 0 Å². The number of amides is 1. The van der Waals surface area contributed by atoms with Crippen LogP contribution < -0.4 is 5.32 Å². The van der Waals surface area contributed by atoms with Crippen LogP contribution in [-0.4, -0.2) is 20.7 Å². The van der Waals surface area contributed by atoms with Gasteiger partial charge in [-0.15, -0.1) is 11.3 Å². The van der Waals surface area contributed by atoms with Gasteiger partial charge < -0.3 is 5.32 Å². The maximum absolute atomic E-state index is 12.3. The molecule has 0 aliphatic carbocycles. The minimum absolute atomic E-state index is 0.0739.